The lowest BCUT2D eigenvalue weighted by Crippen LogP contribution is -2.47. The number of carbonyl (C=O) groups is 2. The molecule has 11 heteroatoms. The van der Waals surface area contributed by atoms with Gasteiger partial charge in [0.15, 0.2) is 0 Å². The molecule has 1 aliphatic rings. The summed E-state index contributed by atoms with van der Waals surface area (Å²) >= 11 is 0. The summed E-state index contributed by atoms with van der Waals surface area (Å²) in [6.45, 7) is 3.84. The van der Waals surface area contributed by atoms with Crippen LogP contribution in [-0.2, 0) is 9.63 Å². The first kappa shape index (κ1) is 25.3. The molecule has 8 nitrogen and oxygen atoms in total. The van der Waals surface area contributed by atoms with Gasteiger partial charge >= 0.3 is 12.1 Å². The van der Waals surface area contributed by atoms with E-state index < -0.39 is 24.1 Å². The van der Waals surface area contributed by atoms with Crippen molar-refractivity contribution < 1.29 is 27.6 Å². The first-order valence-electron chi connectivity index (χ1n) is 10.9. The minimum absolute atomic E-state index is 0.0413. The van der Waals surface area contributed by atoms with Gasteiger partial charge in [0.1, 0.15) is 5.82 Å². The third-order valence-corrected chi connectivity index (χ3v) is 5.78. The first-order valence-corrected chi connectivity index (χ1v) is 10.9. The minimum atomic E-state index is -5.21. The molecule has 3 rings (SSSR count). The van der Waals surface area contributed by atoms with E-state index in [0.717, 1.165) is 17.1 Å². The molecule has 184 valence electrons. The van der Waals surface area contributed by atoms with Gasteiger partial charge in [0.2, 0.25) is 5.95 Å². The number of aromatic nitrogens is 2. The van der Waals surface area contributed by atoms with Gasteiger partial charge in [0, 0.05) is 37.0 Å². The third kappa shape index (κ3) is 5.95. The molecule has 1 aliphatic carbocycles. The number of nitrogens with one attached hydrogen (secondary N) is 1. The molecule has 1 amide bonds. The smallest absolute Gasteiger partial charge is 0.362 e. The van der Waals surface area contributed by atoms with Gasteiger partial charge in [-0.1, -0.05) is 18.2 Å². The zero-order valence-electron chi connectivity index (χ0n) is 19.5. The van der Waals surface area contributed by atoms with Gasteiger partial charge in [-0.25, -0.2) is 9.78 Å². The highest BCUT2D eigenvalue weighted by atomic mass is 19.4. The number of carbonyl (C=O) groups excluding carboxylic acids is 2. The quantitative estimate of drug-likeness (QED) is 0.648. The molecule has 2 aromatic rings. The van der Waals surface area contributed by atoms with Crippen LogP contribution >= 0.6 is 0 Å². The zero-order valence-corrected chi connectivity index (χ0v) is 19.5. The first-order chi connectivity index (χ1) is 16.0. The van der Waals surface area contributed by atoms with Crippen LogP contribution in [0.3, 0.4) is 0 Å². The van der Waals surface area contributed by atoms with E-state index in [1.165, 1.54) is 12.1 Å². The van der Waals surface area contributed by atoms with E-state index in [1.54, 1.807) is 18.2 Å². The number of rotatable bonds is 5. The average Bonchev–Trinajstić information content (AvgIpc) is 2.79. The molecule has 0 radical (unpaired) electrons. The number of hydrogen-bond acceptors (Lipinski definition) is 7. The van der Waals surface area contributed by atoms with E-state index in [9.17, 15) is 22.8 Å². The Bertz CT molecular complexity index is 1020. The predicted octanol–water partition coefficient (Wildman–Crippen LogP) is 4.05. The van der Waals surface area contributed by atoms with E-state index in [2.05, 4.69) is 20.1 Å². The summed E-state index contributed by atoms with van der Waals surface area (Å²) in [4.78, 5) is 39.9. The van der Waals surface area contributed by atoms with Crippen LogP contribution < -0.4 is 10.2 Å². The van der Waals surface area contributed by atoms with Crippen molar-refractivity contribution in [2.75, 3.05) is 24.3 Å². The fourth-order valence-corrected chi connectivity index (χ4v) is 3.88. The minimum Gasteiger partial charge on any atom is -0.362 e. The number of halogens is 3. The van der Waals surface area contributed by atoms with Crippen LogP contribution in [0.1, 0.15) is 47.3 Å². The number of anilines is 2. The van der Waals surface area contributed by atoms with Crippen LogP contribution in [0.5, 0.6) is 0 Å². The molecule has 1 aromatic carbocycles. The van der Waals surface area contributed by atoms with E-state index >= 15 is 0 Å². The van der Waals surface area contributed by atoms with Crippen molar-refractivity contribution in [3.63, 3.8) is 0 Å². The molecule has 34 heavy (non-hydrogen) atoms. The number of benzene rings is 1. The van der Waals surface area contributed by atoms with Crippen molar-refractivity contribution in [1.29, 1.82) is 0 Å². The monoisotopic (exact) mass is 479 g/mol. The molecule has 0 unspecified atom stereocenters. The average molecular weight is 480 g/mol. The molecule has 1 aromatic heterocycles. The highest BCUT2D eigenvalue weighted by molar-refractivity contribution is 5.94. The van der Waals surface area contributed by atoms with Crippen molar-refractivity contribution in [3.8, 4) is 0 Å². The summed E-state index contributed by atoms with van der Waals surface area (Å²) in [5, 5.41) is 3.87. The second-order valence-corrected chi connectivity index (χ2v) is 8.50. The van der Waals surface area contributed by atoms with Gasteiger partial charge in [-0.15, -0.1) is 0 Å². The molecule has 0 saturated heterocycles. The SMILES string of the molecule is Cc1nc(NC2CCC(N(OC(=O)C(F)(F)F)C(=O)c3ccccc3)CC2)nc(N(C)C)c1C. The van der Waals surface area contributed by atoms with Crippen molar-refractivity contribution in [1.82, 2.24) is 15.0 Å². The van der Waals surface area contributed by atoms with Gasteiger partial charge in [0.05, 0.1) is 6.04 Å². The topological polar surface area (TPSA) is 87.7 Å². The maximum atomic E-state index is 12.9. The standard InChI is InChI=1S/C23H28F3N5O3/c1-14-15(2)27-22(29-19(14)30(3)4)28-17-10-12-18(13-11-17)31(34-21(33)23(24,25)26)20(32)16-8-6-5-7-9-16/h5-9,17-18H,10-13H2,1-4H3,(H,27,28,29). The summed E-state index contributed by atoms with van der Waals surface area (Å²) in [7, 11) is 3.79. The maximum absolute atomic E-state index is 12.9. The molecule has 1 saturated carbocycles. The molecule has 0 bridgehead atoms. The van der Waals surface area contributed by atoms with Crippen molar-refractivity contribution in [3.05, 3.63) is 47.2 Å². The Hall–Kier alpha value is -3.37. The number of amides is 1. The Balaban J connectivity index is 1.72. The zero-order chi connectivity index (χ0) is 25.0. The van der Waals surface area contributed by atoms with Crippen LogP contribution in [0, 0.1) is 13.8 Å². The van der Waals surface area contributed by atoms with E-state index in [0.29, 0.717) is 36.7 Å². The van der Waals surface area contributed by atoms with E-state index in [-0.39, 0.29) is 11.6 Å². The Kier molecular flexibility index (Phi) is 7.63. The maximum Gasteiger partial charge on any atom is 0.493 e. The Morgan fingerprint density at radius 1 is 1.03 bits per heavy atom. The number of alkyl halides is 3. The van der Waals surface area contributed by atoms with Crippen LogP contribution in [0.25, 0.3) is 0 Å². The van der Waals surface area contributed by atoms with Crippen molar-refractivity contribution in [2.24, 2.45) is 0 Å². The molecule has 1 N–H and O–H groups in total. The molecule has 1 heterocycles. The molecular weight excluding hydrogens is 451 g/mol. The third-order valence-electron chi connectivity index (χ3n) is 5.78. The van der Waals surface area contributed by atoms with Crippen LogP contribution in [-0.4, -0.2) is 59.3 Å². The highest BCUT2D eigenvalue weighted by Crippen LogP contribution is 2.29. The number of hydrogen-bond donors (Lipinski definition) is 1. The van der Waals surface area contributed by atoms with Crippen LogP contribution in [0.4, 0.5) is 24.9 Å². The number of hydroxylamine groups is 2. The Morgan fingerprint density at radius 3 is 2.21 bits per heavy atom. The normalized spacial score (nSPS) is 18.2. The van der Waals surface area contributed by atoms with Crippen LogP contribution in [0.2, 0.25) is 0 Å². The summed E-state index contributed by atoms with van der Waals surface area (Å²) in [6.07, 6.45) is -3.47. The lowest BCUT2D eigenvalue weighted by atomic mass is 9.90. The fourth-order valence-electron chi connectivity index (χ4n) is 3.88. The Morgan fingerprint density at radius 2 is 1.65 bits per heavy atom. The largest absolute Gasteiger partial charge is 0.493 e. The van der Waals surface area contributed by atoms with Gasteiger partial charge in [0.25, 0.3) is 5.91 Å². The van der Waals surface area contributed by atoms with Gasteiger partial charge in [-0.2, -0.15) is 23.2 Å². The second kappa shape index (κ2) is 10.3. The molecular formula is C23H28F3N5O3. The second-order valence-electron chi connectivity index (χ2n) is 8.50. The summed E-state index contributed by atoms with van der Waals surface area (Å²) in [5.41, 5.74) is 1.95. The van der Waals surface area contributed by atoms with Crippen molar-refractivity contribution in [2.45, 2.75) is 57.8 Å². The molecule has 1 fully saturated rings. The Labute approximate surface area is 196 Å². The predicted molar refractivity (Wildman–Crippen MR) is 120 cm³/mol. The van der Waals surface area contributed by atoms with Gasteiger partial charge in [-0.05, 0) is 51.7 Å². The number of aryl methyl sites for hydroxylation is 1. The summed E-state index contributed by atoms with van der Waals surface area (Å²) in [5.74, 6) is -1.95. The van der Waals surface area contributed by atoms with Gasteiger partial charge in [-0.3, -0.25) is 4.79 Å². The molecule has 0 aliphatic heterocycles. The molecule has 0 spiro atoms. The van der Waals surface area contributed by atoms with E-state index in [4.69, 9.17) is 0 Å². The van der Waals surface area contributed by atoms with E-state index in [1.807, 2.05) is 32.8 Å². The lowest BCUT2D eigenvalue weighted by molar-refractivity contribution is -0.235. The number of nitrogens with zero attached hydrogens (tertiary/aromatic N) is 4. The molecule has 0 atom stereocenters. The van der Waals surface area contributed by atoms with Gasteiger partial charge < -0.3 is 15.1 Å². The van der Waals surface area contributed by atoms with Crippen LogP contribution in [0.15, 0.2) is 30.3 Å². The summed E-state index contributed by atoms with van der Waals surface area (Å²) < 4.78 is 38.6. The summed E-state index contributed by atoms with van der Waals surface area (Å²) in [6, 6.07) is 7.05. The lowest BCUT2D eigenvalue weighted by Gasteiger charge is -2.35. The fraction of sp³-hybridized carbons (Fsp3) is 0.478. The van der Waals surface area contributed by atoms with Crippen molar-refractivity contribution >= 4 is 23.6 Å². The highest BCUT2D eigenvalue weighted by Gasteiger charge is 2.45.